The fourth-order valence-electron chi connectivity index (χ4n) is 2.43. The summed E-state index contributed by atoms with van der Waals surface area (Å²) in [7, 11) is 0. The predicted octanol–water partition coefficient (Wildman–Crippen LogP) is 1.00. The fraction of sp³-hybridized carbons (Fsp3) is 0.538. The molecule has 13 heteroatoms. The van der Waals surface area contributed by atoms with Crippen molar-refractivity contribution in [3.05, 3.63) is 12.4 Å². The van der Waals surface area contributed by atoms with Crippen LogP contribution in [0.2, 0.25) is 0 Å². The van der Waals surface area contributed by atoms with E-state index in [2.05, 4.69) is 30.5 Å². The molecule has 1 fully saturated rings. The smallest absolute Gasteiger partial charge is 0.354 e. The number of carbonyl (C=O) groups is 1. The van der Waals surface area contributed by atoms with E-state index in [0.29, 0.717) is 11.4 Å². The largest absolute Gasteiger partial charge is 0.493 e. The van der Waals surface area contributed by atoms with Crippen LogP contribution >= 0.6 is 0 Å². The quantitative estimate of drug-likeness (QED) is 0.765. The van der Waals surface area contributed by atoms with Gasteiger partial charge in [-0.1, -0.05) is 4.85 Å². The van der Waals surface area contributed by atoms with Gasteiger partial charge in [0, 0.05) is 18.7 Å². The van der Waals surface area contributed by atoms with Crippen LogP contribution in [0.1, 0.15) is 6.42 Å². The molecule has 0 unspecified atom stereocenters. The van der Waals surface area contributed by atoms with Gasteiger partial charge in [-0.05, 0) is 13.0 Å². The van der Waals surface area contributed by atoms with Crippen LogP contribution in [0.15, 0.2) is 12.4 Å². The number of hydrogen-bond acceptors (Lipinski definition) is 7. The molecule has 142 valence electrons. The van der Waals surface area contributed by atoms with E-state index in [4.69, 9.17) is 0 Å². The second-order valence-electron chi connectivity index (χ2n) is 5.67. The van der Waals surface area contributed by atoms with E-state index in [-0.39, 0.29) is 29.9 Å². The van der Waals surface area contributed by atoms with Crippen LogP contribution in [-0.2, 0) is 4.79 Å². The number of nitrogens with one attached hydrogen (secondary N) is 2. The summed E-state index contributed by atoms with van der Waals surface area (Å²) in [5, 5.41) is 8.91. The highest BCUT2D eigenvalue weighted by Crippen LogP contribution is 2.29. The monoisotopic (exact) mass is 380 g/mol. The third-order valence-corrected chi connectivity index (χ3v) is 3.81. The molecule has 1 atom stereocenters. The predicted molar refractivity (Wildman–Crippen MR) is 77.4 cm³/mol. The Morgan fingerprint density at radius 3 is 2.88 bits per heavy atom. The van der Waals surface area contributed by atoms with Gasteiger partial charge in [0.15, 0.2) is 0 Å². The number of alkyl halides is 5. The summed E-state index contributed by atoms with van der Waals surface area (Å²) >= 11 is 0. The van der Waals surface area contributed by atoms with Crippen LogP contribution in [0.5, 0.6) is 0 Å². The molecule has 0 saturated carbocycles. The lowest BCUT2D eigenvalue weighted by Crippen LogP contribution is -2.48. The zero-order valence-corrected chi connectivity index (χ0v) is 13.1. The van der Waals surface area contributed by atoms with Crippen molar-refractivity contribution in [2.75, 3.05) is 25.0 Å². The first-order valence-electron chi connectivity index (χ1n) is 7.49. The number of aromatic nitrogens is 4. The molecule has 3 heterocycles. The topological polar surface area (TPSA) is 94.0 Å². The summed E-state index contributed by atoms with van der Waals surface area (Å²) in [6, 6.07) is 0. The van der Waals surface area contributed by atoms with Crippen molar-refractivity contribution in [3.63, 3.8) is 0 Å². The van der Waals surface area contributed by atoms with Gasteiger partial charge in [0.25, 0.3) is 5.92 Å². The molecule has 2 aromatic rings. The minimum absolute atomic E-state index is 0.100. The van der Waals surface area contributed by atoms with Crippen LogP contribution < -0.4 is 15.5 Å². The molecule has 2 N–H and O–H groups in total. The van der Waals surface area contributed by atoms with Gasteiger partial charge in [-0.15, -0.1) is 5.10 Å². The van der Waals surface area contributed by atoms with Crippen molar-refractivity contribution in [2.45, 2.75) is 18.5 Å². The van der Waals surface area contributed by atoms with E-state index in [1.165, 1.54) is 6.20 Å². The summed E-state index contributed by atoms with van der Waals surface area (Å²) < 4.78 is 64.4. The SMILES string of the molecule is O=C(On1ncc2cnc(NC[C@H]3CCNCC3(F)F)nc21)C(F)(F)F. The van der Waals surface area contributed by atoms with E-state index < -0.39 is 30.5 Å². The summed E-state index contributed by atoms with van der Waals surface area (Å²) in [6.07, 6.45) is -2.64. The minimum atomic E-state index is -5.20. The lowest BCUT2D eigenvalue weighted by molar-refractivity contribution is -0.200. The summed E-state index contributed by atoms with van der Waals surface area (Å²) in [6.45, 7) is -0.113. The van der Waals surface area contributed by atoms with Gasteiger partial charge in [0.1, 0.15) is 0 Å². The molecule has 0 spiro atoms. The first kappa shape index (κ1) is 18.2. The number of piperidine rings is 1. The number of anilines is 1. The van der Waals surface area contributed by atoms with E-state index >= 15 is 0 Å². The van der Waals surface area contributed by atoms with Crippen molar-refractivity contribution in [2.24, 2.45) is 5.92 Å². The summed E-state index contributed by atoms with van der Waals surface area (Å²) in [4.78, 5) is 23.1. The second kappa shape index (κ2) is 6.63. The van der Waals surface area contributed by atoms with Crippen LogP contribution in [0, 0.1) is 5.92 Å². The van der Waals surface area contributed by atoms with Gasteiger partial charge in [-0.2, -0.15) is 18.2 Å². The summed E-state index contributed by atoms with van der Waals surface area (Å²) in [5.41, 5.74) is -0.211. The van der Waals surface area contributed by atoms with E-state index in [0.717, 1.165) is 6.20 Å². The molecule has 1 saturated heterocycles. The molecule has 26 heavy (non-hydrogen) atoms. The van der Waals surface area contributed by atoms with Crippen LogP contribution in [0.25, 0.3) is 11.0 Å². The normalized spacial score (nSPS) is 20.1. The average Bonchev–Trinajstić information content (AvgIpc) is 2.95. The zero-order valence-electron chi connectivity index (χ0n) is 13.1. The van der Waals surface area contributed by atoms with Gasteiger partial charge in [-0.3, -0.25) is 0 Å². The Bertz CT molecular complexity index is 808. The Labute approximate surface area is 142 Å². The molecule has 0 bridgehead atoms. The van der Waals surface area contributed by atoms with Gasteiger partial charge in [0.2, 0.25) is 11.6 Å². The molecular formula is C13H13F5N6O2. The Kier molecular flexibility index (Phi) is 4.64. The Morgan fingerprint density at radius 2 is 2.19 bits per heavy atom. The molecule has 1 aliphatic heterocycles. The van der Waals surface area contributed by atoms with Gasteiger partial charge < -0.3 is 15.5 Å². The first-order chi connectivity index (χ1) is 12.2. The number of carbonyl (C=O) groups excluding carboxylic acids is 1. The van der Waals surface area contributed by atoms with E-state index in [1.807, 2.05) is 0 Å². The van der Waals surface area contributed by atoms with Gasteiger partial charge >= 0.3 is 12.1 Å². The highest BCUT2D eigenvalue weighted by atomic mass is 19.4. The maximum absolute atomic E-state index is 13.8. The van der Waals surface area contributed by atoms with Crippen molar-refractivity contribution in [1.82, 2.24) is 25.2 Å². The fourth-order valence-corrected chi connectivity index (χ4v) is 2.43. The number of nitrogens with zero attached hydrogens (tertiary/aromatic N) is 4. The zero-order chi connectivity index (χ0) is 18.9. The van der Waals surface area contributed by atoms with Crippen LogP contribution in [0.3, 0.4) is 0 Å². The summed E-state index contributed by atoms with van der Waals surface area (Å²) in [5.74, 6) is -6.42. The second-order valence-corrected chi connectivity index (χ2v) is 5.67. The number of fused-ring (bicyclic) bond motifs is 1. The standard InChI is InChI=1S/C13H13F5N6O2/c14-12(15)6-19-2-1-8(12)5-21-11-20-3-7-4-22-24(9(7)23-11)26-10(25)13(16,17)18/h3-4,8,19H,1-2,5-6H2,(H,20,21,23)/t8-/m1/s1. The third kappa shape index (κ3) is 3.81. The Hall–Kier alpha value is -2.57. The highest BCUT2D eigenvalue weighted by molar-refractivity contribution is 5.78. The third-order valence-electron chi connectivity index (χ3n) is 3.81. The van der Waals surface area contributed by atoms with Crippen molar-refractivity contribution in [3.8, 4) is 0 Å². The van der Waals surface area contributed by atoms with Gasteiger partial charge in [0.05, 0.1) is 18.1 Å². The van der Waals surface area contributed by atoms with Crippen LogP contribution in [-0.4, -0.2) is 57.6 Å². The highest BCUT2D eigenvalue weighted by Gasteiger charge is 2.43. The molecule has 0 aromatic carbocycles. The maximum atomic E-state index is 13.8. The Morgan fingerprint density at radius 1 is 1.42 bits per heavy atom. The molecule has 0 aliphatic carbocycles. The molecule has 1 aliphatic rings. The van der Waals surface area contributed by atoms with Gasteiger partial charge in [-0.25, -0.2) is 18.6 Å². The maximum Gasteiger partial charge on any atom is 0.493 e. The molecule has 8 nitrogen and oxygen atoms in total. The first-order valence-corrected chi connectivity index (χ1v) is 7.49. The molecule has 0 radical (unpaired) electrons. The van der Waals surface area contributed by atoms with Crippen molar-refractivity contribution >= 4 is 23.0 Å². The van der Waals surface area contributed by atoms with Crippen LogP contribution in [0.4, 0.5) is 27.9 Å². The molecular weight excluding hydrogens is 367 g/mol. The minimum Gasteiger partial charge on any atom is -0.354 e. The molecule has 2 aromatic heterocycles. The lowest BCUT2D eigenvalue weighted by atomic mass is 9.94. The Balaban J connectivity index is 1.74. The number of rotatable bonds is 4. The molecule has 0 amide bonds. The lowest BCUT2D eigenvalue weighted by Gasteiger charge is -2.31. The molecule has 3 rings (SSSR count). The van der Waals surface area contributed by atoms with E-state index in [9.17, 15) is 26.7 Å². The van der Waals surface area contributed by atoms with Crippen molar-refractivity contribution in [1.29, 1.82) is 0 Å². The van der Waals surface area contributed by atoms with E-state index in [1.54, 1.807) is 0 Å². The van der Waals surface area contributed by atoms with Crippen molar-refractivity contribution < 1.29 is 31.6 Å². The number of hydrogen-bond donors (Lipinski definition) is 2. The number of halogens is 5. The average molecular weight is 380 g/mol.